The van der Waals surface area contributed by atoms with E-state index in [1.165, 1.54) is 0 Å². The van der Waals surface area contributed by atoms with Crippen LogP contribution in [0.2, 0.25) is 0 Å². The second-order valence-electron chi connectivity index (χ2n) is 5.99. The average molecular weight is 289 g/mol. The maximum absolute atomic E-state index is 12.5. The molecule has 114 valence electrons. The third-order valence-corrected chi connectivity index (χ3v) is 4.27. The normalized spacial score (nSPS) is 26.9. The van der Waals surface area contributed by atoms with E-state index in [1.807, 2.05) is 13.0 Å². The van der Waals surface area contributed by atoms with Crippen LogP contribution in [0.5, 0.6) is 0 Å². The van der Waals surface area contributed by atoms with Crippen LogP contribution < -0.4 is 10.6 Å². The molecule has 0 spiro atoms. The van der Waals surface area contributed by atoms with Gasteiger partial charge in [-0.3, -0.25) is 9.78 Å². The Kier molecular flexibility index (Phi) is 4.10. The van der Waals surface area contributed by atoms with Gasteiger partial charge in [0.25, 0.3) is 5.91 Å². The van der Waals surface area contributed by atoms with Crippen LogP contribution in [0, 0.1) is 6.92 Å². The number of anilines is 1. The SMILES string of the molecule is CCCNc1cc(C)ncc1C(=O)NC1CC2CCC1O2. The van der Waals surface area contributed by atoms with Gasteiger partial charge in [-0.05, 0) is 38.7 Å². The molecule has 2 N–H and O–H groups in total. The van der Waals surface area contributed by atoms with Crippen molar-refractivity contribution in [2.24, 2.45) is 0 Å². The first-order valence-corrected chi connectivity index (χ1v) is 7.84. The maximum atomic E-state index is 12.5. The van der Waals surface area contributed by atoms with Crippen LogP contribution in [0.15, 0.2) is 12.3 Å². The summed E-state index contributed by atoms with van der Waals surface area (Å²) in [5, 5.41) is 6.43. The van der Waals surface area contributed by atoms with Crippen molar-refractivity contribution in [1.82, 2.24) is 10.3 Å². The summed E-state index contributed by atoms with van der Waals surface area (Å²) in [7, 11) is 0. The molecule has 3 atom stereocenters. The van der Waals surface area contributed by atoms with E-state index in [1.54, 1.807) is 6.20 Å². The fourth-order valence-corrected chi connectivity index (χ4v) is 3.18. The standard InChI is InChI=1S/C16H23N3O2/c1-3-6-17-13-7-10(2)18-9-12(13)16(20)19-14-8-11-4-5-15(14)21-11/h7,9,11,14-15H,3-6,8H2,1-2H3,(H,17,18)(H,19,20). The van der Waals surface area contributed by atoms with Crippen molar-refractivity contribution in [1.29, 1.82) is 0 Å². The molecule has 0 saturated carbocycles. The highest BCUT2D eigenvalue weighted by molar-refractivity contribution is 5.99. The molecule has 5 heteroatoms. The summed E-state index contributed by atoms with van der Waals surface area (Å²) in [6.45, 7) is 4.89. The van der Waals surface area contributed by atoms with E-state index in [-0.39, 0.29) is 18.1 Å². The van der Waals surface area contributed by atoms with Crippen LogP contribution in [0.3, 0.4) is 0 Å². The van der Waals surface area contributed by atoms with Gasteiger partial charge in [-0.15, -0.1) is 0 Å². The number of fused-ring (bicyclic) bond motifs is 2. The van der Waals surface area contributed by atoms with Crippen molar-refractivity contribution >= 4 is 11.6 Å². The lowest BCUT2D eigenvalue weighted by atomic mass is 9.95. The fourth-order valence-electron chi connectivity index (χ4n) is 3.18. The Morgan fingerprint density at radius 2 is 2.33 bits per heavy atom. The van der Waals surface area contributed by atoms with E-state index in [4.69, 9.17) is 4.74 Å². The van der Waals surface area contributed by atoms with Gasteiger partial charge in [0.15, 0.2) is 0 Å². The lowest BCUT2D eigenvalue weighted by Gasteiger charge is -2.21. The van der Waals surface area contributed by atoms with Crippen molar-refractivity contribution < 1.29 is 9.53 Å². The largest absolute Gasteiger partial charge is 0.384 e. The Balaban J connectivity index is 1.71. The summed E-state index contributed by atoms with van der Waals surface area (Å²) in [4.78, 5) is 16.8. The van der Waals surface area contributed by atoms with Crippen LogP contribution in [-0.4, -0.2) is 35.7 Å². The molecule has 1 aromatic rings. The van der Waals surface area contributed by atoms with Gasteiger partial charge in [-0.25, -0.2) is 0 Å². The number of carbonyl (C=O) groups excluding carboxylic acids is 1. The zero-order chi connectivity index (χ0) is 14.8. The number of hydrogen-bond donors (Lipinski definition) is 2. The molecule has 1 amide bonds. The molecule has 2 bridgehead atoms. The molecule has 3 rings (SSSR count). The van der Waals surface area contributed by atoms with E-state index >= 15 is 0 Å². The summed E-state index contributed by atoms with van der Waals surface area (Å²) in [5.74, 6) is -0.0535. The second-order valence-corrected chi connectivity index (χ2v) is 5.99. The highest BCUT2D eigenvalue weighted by Crippen LogP contribution is 2.34. The molecule has 3 unspecified atom stereocenters. The lowest BCUT2D eigenvalue weighted by molar-refractivity contribution is 0.0841. The smallest absolute Gasteiger partial charge is 0.255 e. The molecule has 0 aromatic carbocycles. The molecule has 5 nitrogen and oxygen atoms in total. The predicted molar refractivity (Wildman–Crippen MR) is 81.5 cm³/mol. The van der Waals surface area contributed by atoms with Crippen LogP contribution in [0.4, 0.5) is 5.69 Å². The minimum absolute atomic E-state index is 0.0535. The van der Waals surface area contributed by atoms with Gasteiger partial charge in [0.05, 0.1) is 29.5 Å². The summed E-state index contributed by atoms with van der Waals surface area (Å²) in [6, 6.07) is 2.08. The minimum Gasteiger partial charge on any atom is -0.384 e. The zero-order valence-corrected chi connectivity index (χ0v) is 12.7. The van der Waals surface area contributed by atoms with Crippen molar-refractivity contribution in [3.63, 3.8) is 0 Å². The Morgan fingerprint density at radius 1 is 1.48 bits per heavy atom. The number of amides is 1. The number of aromatic nitrogens is 1. The number of rotatable bonds is 5. The van der Waals surface area contributed by atoms with Crippen LogP contribution in [-0.2, 0) is 4.74 Å². The number of carbonyl (C=O) groups is 1. The molecule has 3 heterocycles. The van der Waals surface area contributed by atoms with E-state index in [0.29, 0.717) is 11.7 Å². The Labute approximate surface area is 125 Å². The monoisotopic (exact) mass is 289 g/mol. The van der Waals surface area contributed by atoms with Crippen molar-refractivity contribution in [2.75, 3.05) is 11.9 Å². The first kappa shape index (κ1) is 14.3. The molecule has 21 heavy (non-hydrogen) atoms. The van der Waals surface area contributed by atoms with Gasteiger partial charge in [0.2, 0.25) is 0 Å². The van der Waals surface area contributed by atoms with E-state index < -0.39 is 0 Å². The lowest BCUT2D eigenvalue weighted by Crippen LogP contribution is -2.41. The van der Waals surface area contributed by atoms with E-state index in [2.05, 4.69) is 22.5 Å². The predicted octanol–water partition coefficient (Wildman–Crippen LogP) is 2.26. The quantitative estimate of drug-likeness (QED) is 0.873. The number of nitrogens with zero attached hydrogens (tertiary/aromatic N) is 1. The average Bonchev–Trinajstić information content (AvgIpc) is 3.07. The van der Waals surface area contributed by atoms with Crippen LogP contribution in [0.25, 0.3) is 0 Å². The number of pyridine rings is 1. The van der Waals surface area contributed by atoms with Crippen molar-refractivity contribution in [3.05, 3.63) is 23.5 Å². The van der Waals surface area contributed by atoms with Crippen molar-refractivity contribution in [3.8, 4) is 0 Å². The summed E-state index contributed by atoms with van der Waals surface area (Å²) in [5.41, 5.74) is 2.40. The molecular formula is C16H23N3O2. The number of hydrogen-bond acceptors (Lipinski definition) is 4. The minimum atomic E-state index is -0.0535. The number of nitrogens with one attached hydrogen (secondary N) is 2. The maximum Gasteiger partial charge on any atom is 0.255 e. The second kappa shape index (κ2) is 6.02. The van der Waals surface area contributed by atoms with E-state index in [9.17, 15) is 4.79 Å². The molecule has 2 fully saturated rings. The third-order valence-electron chi connectivity index (χ3n) is 4.27. The molecule has 2 aliphatic rings. The van der Waals surface area contributed by atoms with E-state index in [0.717, 1.165) is 43.6 Å². The summed E-state index contributed by atoms with van der Waals surface area (Å²) >= 11 is 0. The third kappa shape index (κ3) is 3.02. The molecule has 1 aromatic heterocycles. The molecule has 0 aliphatic carbocycles. The highest BCUT2D eigenvalue weighted by atomic mass is 16.5. The first-order valence-electron chi connectivity index (χ1n) is 7.84. The number of ether oxygens (including phenoxy) is 1. The van der Waals surface area contributed by atoms with Gasteiger partial charge in [-0.1, -0.05) is 6.92 Å². The fraction of sp³-hybridized carbons (Fsp3) is 0.625. The van der Waals surface area contributed by atoms with Gasteiger partial charge in [0.1, 0.15) is 0 Å². The first-order chi connectivity index (χ1) is 10.2. The molecular weight excluding hydrogens is 266 g/mol. The zero-order valence-electron chi connectivity index (χ0n) is 12.7. The van der Waals surface area contributed by atoms with Gasteiger partial charge < -0.3 is 15.4 Å². The summed E-state index contributed by atoms with van der Waals surface area (Å²) in [6.07, 6.45) is 6.35. The topological polar surface area (TPSA) is 63.2 Å². The van der Waals surface area contributed by atoms with Crippen LogP contribution >= 0.6 is 0 Å². The molecule has 2 aliphatic heterocycles. The van der Waals surface area contributed by atoms with Gasteiger partial charge in [0, 0.05) is 18.4 Å². The number of aryl methyl sites for hydroxylation is 1. The Morgan fingerprint density at radius 3 is 3.00 bits per heavy atom. The molecule has 2 saturated heterocycles. The Hall–Kier alpha value is -1.62. The van der Waals surface area contributed by atoms with Gasteiger partial charge in [-0.2, -0.15) is 0 Å². The Bertz CT molecular complexity index is 532. The van der Waals surface area contributed by atoms with Crippen LogP contribution in [0.1, 0.15) is 48.7 Å². The summed E-state index contributed by atoms with van der Waals surface area (Å²) < 4.78 is 5.79. The highest BCUT2D eigenvalue weighted by Gasteiger charge is 2.41. The molecule has 0 radical (unpaired) electrons. The van der Waals surface area contributed by atoms with Gasteiger partial charge >= 0.3 is 0 Å². The van der Waals surface area contributed by atoms with Crippen molar-refractivity contribution in [2.45, 2.75) is 57.8 Å².